The third kappa shape index (κ3) is 3.34. The van der Waals surface area contributed by atoms with Crippen LogP contribution in [0.4, 0.5) is 0 Å². The summed E-state index contributed by atoms with van der Waals surface area (Å²) in [4.78, 5) is 21.9. The van der Waals surface area contributed by atoms with Crippen molar-refractivity contribution in [2.75, 3.05) is 6.26 Å². The van der Waals surface area contributed by atoms with E-state index in [1.54, 1.807) is 28.5 Å². The van der Waals surface area contributed by atoms with Crippen LogP contribution in [0, 0.1) is 13.8 Å². The van der Waals surface area contributed by atoms with Gasteiger partial charge in [0, 0.05) is 10.3 Å². The Morgan fingerprint density at radius 3 is 2.68 bits per heavy atom. The van der Waals surface area contributed by atoms with Gasteiger partial charge < -0.3 is 5.32 Å². The largest absolute Gasteiger partial charge is 0.343 e. The topological polar surface area (TPSA) is 54.9 Å². The monoisotopic (exact) mass is 313 g/mol. The SMILES string of the molecule is CSc1nc(C(=O)N[C@H](C)c2nc(C)sc2C)cs1. The van der Waals surface area contributed by atoms with E-state index in [0.717, 1.165) is 19.9 Å². The van der Waals surface area contributed by atoms with Crippen LogP contribution in [0.15, 0.2) is 9.72 Å². The summed E-state index contributed by atoms with van der Waals surface area (Å²) in [5, 5.41) is 5.75. The number of hydrogen-bond acceptors (Lipinski definition) is 6. The first-order valence-electron chi connectivity index (χ1n) is 5.75. The molecular formula is C12H15N3OS3. The number of carbonyl (C=O) groups excluding carboxylic acids is 1. The number of thioether (sulfide) groups is 1. The normalized spacial score (nSPS) is 12.4. The lowest BCUT2D eigenvalue weighted by molar-refractivity contribution is 0.0934. The average molecular weight is 313 g/mol. The minimum absolute atomic E-state index is 0.100. The number of hydrogen-bond donors (Lipinski definition) is 1. The zero-order valence-electron chi connectivity index (χ0n) is 11.2. The first-order valence-corrected chi connectivity index (χ1v) is 8.67. The van der Waals surface area contributed by atoms with Crippen LogP contribution in [0.5, 0.6) is 0 Å². The molecule has 0 aliphatic heterocycles. The van der Waals surface area contributed by atoms with Gasteiger partial charge in [0.1, 0.15) is 10.0 Å². The Balaban J connectivity index is 2.08. The molecule has 0 saturated heterocycles. The molecule has 0 bridgehead atoms. The van der Waals surface area contributed by atoms with Gasteiger partial charge in [-0.1, -0.05) is 11.8 Å². The Bertz CT molecular complexity index is 591. The third-order valence-electron chi connectivity index (χ3n) is 2.59. The van der Waals surface area contributed by atoms with Gasteiger partial charge in [0.2, 0.25) is 0 Å². The van der Waals surface area contributed by atoms with E-state index in [-0.39, 0.29) is 11.9 Å². The van der Waals surface area contributed by atoms with Crippen molar-refractivity contribution in [2.45, 2.75) is 31.2 Å². The molecule has 1 atom stereocenters. The smallest absolute Gasteiger partial charge is 0.271 e. The quantitative estimate of drug-likeness (QED) is 0.879. The van der Waals surface area contributed by atoms with Crippen molar-refractivity contribution in [3.8, 4) is 0 Å². The molecule has 2 heterocycles. The molecule has 1 amide bonds. The molecule has 0 spiro atoms. The van der Waals surface area contributed by atoms with Gasteiger partial charge in [-0.25, -0.2) is 9.97 Å². The highest BCUT2D eigenvalue weighted by Crippen LogP contribution is 2.23. The van der Waals surface area contributed by atoms with E-state index >= 15 is 0 Å². The van der Waals surface area contributed by atoms with Gasteiger partial charge in [0.15, 0.2) is 0 Å². The first-order chi connectivity index (χ1) is 9.01. The van der Waals surface area contributed by atoms with E-state index in [9.17, 15) is 4.79 Å². The Hall–Kier alpha value is -0.920. The standard InChI is InChI=1S/C12H15N3OS3/c1-6(10-7(2)19-8(3)14-10)13-11(16)9-5-18-12(15-9)17-4/h5-6H,1-4H3,(H,13,16)/t6-/m1/s1. The number of carbonyl (C=O) groups is 1. The lowest BCUT2D eigenvalue weighted by Crippen LogP contribution is -2.27. The summed E-state index contributed by atoms with van der Waals surface area (Å²) in [6.07, 6.45) is 1.95. The molecule has 0 fully saturated rings. The lowest BCUT2D eigenvalue weighted by atomic mass is 10.2. The third-order valence-corrected chi connectivity index (χ3v) is 5.35. The van der Waals surface area contributed by atoms with Gasteiger partial charge in [-0.05, 0) is 27.0 Å². The number of nitrogens with zero attached hydrogens (tertiary/aromatic N) is 2. The van der Waals surface area contributed by atoms with E-state index in [2.05, 4.69) is 15.3 Å². The summed E-state index contributed by atoms with van der Waals surface area (Å²) in [6, 6.07) is -0.100. The number of rotatable bonds is 4. The summed E-state index contributed by atoms with van der Waals surface area (Å²) >= 11 is 4.68. The van der Waals surface area contributed by atoms with Crippen LogP contribution in [0.25, 0.3) is 0 Å². The molecule has 2 rings (SSSR count). The molecule has 1 N–H and O–H groups in total. The number of aromatic nitrogens is 2. The molecule has 0 aliphatic carbocycles. The number of thiazole rings is 2. The van der Waals surface area contributed by atoms with Crippen LogP contribution < -0.4 is 5.32 Å². The minimum atomic E-state index is -0.144. The fourth-order valence-electron chi connectivity index (χ4n) is 1.74. The molecule has 102 valence electrons. The van der Waals surface area contributed by atoms with Crippen LogP contribution in [-0.2, 0) is 0 Å². The molecule has 2 aromatic heterocycles. The maximum atomic E-state index is 12.1. The van der Waals surface area contributed by atoms with Crippen molar-refractivity contribution in [3.63, 3.8) is 0 Å². The zero-order chi connectivity index (χ0) is 14.0. The Morgan fingerprint density at radius 2 is 2.16 bits per heavy atom. The summed E-state index contributed by atoms with van der Waals surface area (Å²) in [5.41, 5.74) is 1.42. The fourth-order valence-corrected chi connectivity index (χ4v) is 3.90. The molecule has 0 aliphatic rings. The van der Waals surface area contributed by atoms with Crippen molar-refractivity contribution < 1.29 is 4.79 Å². The van der Waals surface area contributed by atoms with Crippen molar-refractivity contribution in [1.29, 1.82) is 0 Å². The number of aryl methyl sites for hydroxylation is 2. The summed E-state index contributed by atoms with van der Waals surface area (Å²) in [6.45, 7) is 5.94. The maximum absolute atomic E-state index is 12.1. The second kappa shape index (κ2) is 6.02. The van der Waals surface area contributed by atoms with E-state index in [0.29, 0.717) is 5.69 Å². The van der Waals surface area contributed by atoms with E-state index in [4.69, 9.17) is 0 Å². The molecule has 0 aromatic carbocycles. The molecular weight excluding hydrogens is 298 g/mol. The van der Waals surface area contributed by atoms with Gasteiger partial charge in [0.25, 0.3) is 5.91 Å². The average Bonchev–Trinajstić information content (AvgIpc) is 2.95. The first kappa shape index (κ1) is 14.5. The molecule has 4 nitrogen and oxygen atoms in total. The zero-order valence-corrected chi connectivity index (χ0v) is 13.6. The predicted octanol–water partition coefficient (Wildman–Crippen LogP) is 3.43. The fraction of sp³-hybridized carbons (Fsp3) is 0.417. The van der Waals surface area contributed by atoms with Crippen LogP contribution in [0.1, 0.15) is 39.0 Å². The van der Waals surface area contributed by atoms with Crippen LogP contribution in [0.2, 0.25) is 0 Å². The van der Waals surface area contributed by atoms with Gasteiger partial charge in [0.05, 0.1) is 16.7 Å². The second-order valence-electron chi connectivity index (χ2n) is 4.07. The Labute approximate surface area is 124 Å². The number of amides is 1. The van der Waals surface area contributed by atoms with Crippen LogP contribution >= 0.6 is 34.4 Å². The van der Waals surface area contributed by atoms with E-state index in [1.165, 1.54) is 11.3 Å². The van der Waals surface area contributed by atoms with Crippen molar-refractivity contribution in [1.82, 2.24) is 15.3 Å². The summed E-state index contributed by atoms with van der Waals surface area (Å²) in [7, 11) is 0. The highest BCUT2D eigenvalue weighted by Gasteiger charge is 2.18. The van der Waals surface area contributed by atoms with Gasteiger partial charge in [-0.3, -0.25) is 4.79 Å². The van der Waals surface area contributed by atoms with Gasteiger partial charge >= 0.3 is 0 Å². The highest BCUT2D eigenvalue weighted by atomic mass is 32.2. The van der Waals surface area contributed by atoms with Crippen LogP contribution in [0.3, 0.4) is 0 Å². The minimum Gasteiger partial charge on any atom is -0.343 e. The molecule has 0 unspecified atom stereocenters. The predicted molar refractivity (Wildman–Crippen MR) is 81.4 cm³/mol. The maximum Gasteiger partial charge on any atom is 0.271 e. The van der Waals surface area contributed by atoms with Gasteiger partial charge in [-0.15, -0.1) is 22.7 Å². The highest BCUT2D eigenvalue weighted by molar-refractivity contribution is 8.00. The Kier molecular flexibility index (Phi) is 4.59. The Morgan fingerprint density at radius 1 is 1.42 bits per heavy atom. The molecule has 0 radical (unpaired) electrons. The summed E-state index contributed by atoms with van der Waals surface area (Å²) in [5.74, 6) is -0.144. The van der Waals surface area contributed by atoms with Crippen molar-refractivity contribution in [3.05, 3.63) is 26.7 Å². The molecule has 2 aromatic rings. The number of nitrogens with one attached hydrogen (secondary N) is 1. The molecule has 0 saturated carbocycles. The summed E-state index contributed by atoms with van der Waals surface area (Å²) < 4.78 is 0.901. The second-order valence-corrected chi connectivity index (χ2v) is 7.39. The van der Waals surface area contributed by atoms with E-state index < -0.39 is 0 Å². The molecule has 7 heteroatoms. The molecule has 19 heavy (non-hydrogen) atoms. The van der Waals surface area contributed by atoms with Crippen molar-refractivity contribution in [2.24, 2.45) is 0 Å². The lowest BCUT2D eigenvalue weighted by Gasteiger charge is -2.11. The van der Waals surface area contributed by atoms with Crippen LogP contribution in [-0.4, -0.2) is 22.1 Å². The van der Waals surface area contributed by atoms with E-state index in [1.807, 2.05) is 27.0 Å². The van der Waals surface area contributed by atoms with Gasteiger partial charge in [-0.2, -0.15) is 0 Å². The van der Waals surface area contributed by atoms with Crippen molar-refractivity contribution >= 4 is 40.3 Å².